The molecule has 0 aliphatic carbocycles. The van der Waals surface area contributed by atoms with Crippen molar-refractivity contribution in [2.45, 2.75) is 19.4 Å². The van der Waals surface area contributed by atoms with Crippen LogP contribution in [-0.4, -0.2) is 42.8 Å². The van der Waals surface area contributed by atoms with Gasteiger partial charge < -0.3 is 19.3 Å². The Labute approximate surface area is 205 Å². The van der Waals surface area contributed by atoms with Gasteiger partial charge in [0.05, 0.1) is 26.4 Å². The van der Waals surface area contributed by atoms with Gasteiger partial charge in [0.1, 0.15) is 18.5 Å². The highest BCUT2D eigenvalue weighted by Crippen LogP contribution is 2.25. The lowest BCUT2D eigenvalue weighted by molar-refractivity contribution is 0.0346. The second kappa shape index (κ2) is 12.7. The summed E-state index contributed by atoms with van der Waals surface area (Å²) in [6.07, 6.45) is 5.32. The van der Waals surface area contributed by atoms with Crippen molar-refractivity contribution in [1.82, 2.24) is 9.80 Å². The fourth-order valence-electron chi connectivity index (χ4n) is 3.57. The van der Waals surface area contributed by atoms with Crippen molar-refractivity contribution < 1.29 is 9.47 Å². The number of hydrogen-bond acceptors (Lipinski definition) is 5. The Balaban J connectivity index is 0.00000289. The lowest BCUT2D eigenvalue weighted by atomic mass is 10.2. The average Bonchev–Trinajstić information content (AvgIpc) is 3.48. The number of aryl methyl sites for hydroxylation is 1. The molecule has 1 aromatic heterocycles. The molecule has 1 unspecified atom stereocenters. The molecule has 0 saturated heterocycles. The summed E-state index contributed by atoms with van der Waals surface area (Å²) in [6.45, 7) is 6.05. The maximum Gasteiger partial charge on any atom is 0.119 e. The molecule has 4 rings (SSSR count). The Morgan fingerprint density at radius 2 is 1.69 bits per heavy atom. The van der Waals surface area contributed by atoms with Gasteiger partial charge in [-0.1, -0.05) is 54.1 Å². The molecule has 32 heavy (non-hydrogen) atoms. The molecule has 0 fully saturated rings. The van der Waals surface area contributed by atoms with Gasteiger partial charge in [-0.05, 0) is 42.5 Å². The Hall–Kier alpha value is -2.28. The van der Waals surface area contributed by atoms with Gasteiger partial charge in [0.2, 0.25) is 0 Å². The molecular weight excluding hydrogens is 484 g/mol. The molecule has 0 radical (unpaired) electrons. The van der Waals surface area contributed by atoms with Crippen LogP contribution >= 0.6 is 28.3 Å². The molecule has 0 amide bonds. The molecule has 2 aromatic carbocycles. The summed E-state index contributed by atoms with van der Waals surface area (Å²) in [5.41, 5.74) is 2.56. The van der Waals surface area contributed by atoms with E-state index in [1.54, 1.807) is 11.3 Å². The Kier molecular flexibility index (Phi) is 9.65. The lowest BCUT2D eigenvalue weighted by Gasteiger charge is -2.26. The zero-order valence-corrected chi connectivity index (χ0v) is 21.0. The van der Waals surface area contributed by atoms with Gasteiger partial charge in [-0.3, -0.25) is 0 Å². The molecule has 0 saturated carbocycles. The summed E-state index contributed by atoms with van der Waals surface area (Å²) in [7, 11) is 0. The topological polar surface area (TPSA) is 24.9 Å². The standard InChI is InChI=1S/C26H30N2O2S.BrH/c1-22-9-11-24(12-10-22)29-18-16-27-14-15-28(21-27)20-25(26-8-5-19-31-26)30-17-13-23-6-3-2-4-7-23;/h2-12,14-15,19,25H,13,16-18,20-21H2,1H3;1H. The van der Waals surface area contributed by atoms with E-state index in [2.05, 4.69) is 89.1 Å². The van der Waals surface area contributed by atoms with E-state index in [0.717, 1.165) is 38.5 Å². The third kappa shape index (κ3) is 7.40. The molecule has 170 valence electrons. The Morgan fingerprint density at radius 1 is 0.906 bits per heavy atom. The Morgan fingerprint density at radius 3 is 2.44 bits per heavy atom. The van der Waals surface area contributed by atoms with E-state index in [9.17, 15) is 0 Å². The van der Waals surface area contributed by atoms with E-state index in [1.165, 1.54) is 16.0 Å². The molecule has 3 aromatic rings. The van der Waals surface area contributed by atoms with Crippen LogP contribution in [0.1, 0.15) is 22.1 Å². The molecule has 1 aliphatic heterocycles. The number of hydrogen-bond donors (Lipinski definition) is 0. The highest BCUT2D eigenvalue weighted by atomic mass is 79.9. The smallest absolute Gasteiger partial charge is 0.119 e. The van der Waals surface area contributed by atoms with Gasteiger partial charge in [0, 0.05) is 17.3 Å². The summed E-state index contributed by atoms with van der Waals surface area (Å²) >= 11 is 1.76. The van der Waals surface area contributed by atoms with Gasteiger partial charge in [0.25, 0.3) is 0 Å². The normalized spacial score (nSPS) is 13.8. The highest BCUT2D eigenvalue weighted by Gasteiger charge is 2.20. The van der Waals surface area contributed by atoms with E-state index < -0.39 is 0 Å². The monoisotopic (exact) mass is 514 g/mol. The van der Waals surface area contributed by atoms with Crippen LogP contribution in [-0.2, 0) is 11.2 Å². The first-order chi connectivity index (χ1) is 15.3. The summed E-state index contributed by atoms with van der Waals surface area (Å²) in [6, 6.07) is 23.0. The molecule has 4 nitrogen and oxygen atoms in total. The predicted molar refractivity (Wildman–Crippen MR) is 138 cm³/mol. The van der Waals surface area contributed by atoms with E-state index in [4.69, 9.17) is 9.47 Å². The molecular formula is C26H31BrN2O2S. The van der Waals surface area contributed by atoms with Gasteiger partial charge in [-0.2, -0.15) is 0 Å². The van der Waals surface area contributed by atoms with Gasteiger partial charge >= 0.3 is 0 Å². The number of rotatable bonds is 11. The Bertz CT molecular complexity index is 932. The van der Waals surface area contributed by atoms with E-state index >= 15 is 0 Å². The number of halogens is 1. The zero-order valence-electron chi connectivity index (χ0n) is 18.4. The molecule has 6 heteroatoms. The predicted octanol–water partition coefficient (Wildman–Crippen LogP) is 6.06. The van der Waals surface area contributed by atoms with Crippen LogP contribution in [0.2, 0.25) is 0 Å². The van der Waals surface area contributed by atoms with Crippen LogP contribution in [0.5, 0.6) is 5.75 Å². The summed E-state index contributed by atoms with van der Waals surface area (Å²) < 4.78 is 12.2. The quantitative estimate of drug-likeness (QED) is 0.310. The number of nitrogens with zero attached hydrogens (tertiary/aromatic N) is 2. The third-order valence-corrected chi connectivity index (χ3v) is 6.30. The SMILES string of the molecule is Br.Cc1ccc(OCCN2C=CN(CC(OCCc3ccccc3)c3cccs3)C2)cc1. The van der Waals surface area contributed by atoms with Crippen molar-refractivity contribution in [3.63, 3.8) is 0 Å². The van der Waals surface area contributed by atoms with Crippen molar-refractivity contribution in [2.75, 3.05) is 33.0 Å². The first-order valence-corrected chi connectivity index (χ1v) is 11.7. The van der Waals surface area contributed by atoms with Crippen molar-refractivity contribution in [2.24, 2.45) is 0 Å². The summed E-state index contributed by atoms with van der Waals surface area (Å²) in [4.78, 5) is 5.88. The maximum atomic E-state index is 6.33. The van der Waals surface area contributed by atoms with Gasteiger partial charge in [-0.25, -0.2) is 0 Å². The maximum absolute atomic E-state index is 6.33. The van der Waals surface area contributed by atoms with Crippen molar-refractivity contribution >= 4 is 28.3 Å². The van der Waals surface area contributed by atoms with Gasteiger partial charge in [-0.15, -0.1) is 28.3 Å². The minimum Gasteiger partial charge on any atom is -0.492 e. The minimum absolute atomic E-state index is 0. The van der Waals surface area contributed by atoms with Crippen LogP contribution in [0.15, 0.2) is 84.5 Å². The number of thiophene rings is 1. The van der Waals surface area contributed by atoms with Crippen molar-refractivity contribution in [3.05, 3.63) is 101 Å². The largest absolute Gasteiger partial charge is 0.492 e. The van der Waals surface area contributed by atoms with E-state index in [-0.39, 0.29) is 23.1 Å². The molecule has 0 spiro atoms. The van der Waals surface area contributed by atoms with Crippen molar-refractivity contribution in [3.8, 4) is 5.75 Å². The third-order valence-electron chi connectivity index (χ3n) is 5.33. The van der Waals surface area contributed by atoms with Crippen molar-refractivity contribution in [1.29, 1.82) is 0 Å². The molecule has 1 aliphatic rings. The van der Waals surface area contributed by atoms with E-state index in [1.807, 2.05) is 12.1 Å². The highest BCUT2D eigenvalue weighted by molar-refractivity contribution is 8.93. The second-order valence-electron chi connectivity index (χ2n) is 7.80. The molecule has 2 heterocycles. The first kappa shape index (κ1) is 24.4. The number of ether oxygens (including phenoxy) is 2. The zero-order chi connectivity index (χ0) is 21.3. The van der Waals surface area contributed by atoms with Gasteiger partial charge in [0.15, 0.2) is 0 Å². The van der Waals surface area contributed by atoms with Crippen LogP contribution in [0.3, 0.4) is 0 Å². The fraction of sp³-hybridized carbons (Fsp3) is 0.308. The van der Waals surface area contributed by atoms with Crippen LogP contribution in [0.25, 0.3) is 0 Å². The summed E-state index contributed by atoms with van der Waals surface area (Å²) in [5.74, 6) is 0.926. The van der Waals surface area contributed by atoms with Crippen LogP contribution < -0.4 is 4.74 Å². The number of benzene rings is 2. The van der Waals surface area contributed by atoms with Crippen LogP contribution in [0.4, 0.5) is 0 Å². The molecule has 0 bridgehead atoms. The lowest BCUT2D eigenvalue weighted by Crippen LogP contribution is -2.31. The fourth-order valence-corrected chi connectivity index (χ4v) is 4.34. The van der Waals surface area contributed by atoms with Crippen LogP contribution in [0, 0.1) is 6.92 Å². The van der Waals surface area contributed by atoms with E-state index in [0.29, 0.717) is 6.61 Å². The molecule has 0 N–H and O–H groups in total. The molecule has 1 atom stereocenters. The second-order valence-corrected chi connectivity index (χ2v) is 8.77. The minimum atomic E-state index is 0. The average molecular weight is 516 g/mol. The summed E-state index contributed by atoms with van der Waals surface area (Å²) in [5, 5.41) is 2.12. The first-order valence-electron chi connectivity index (χ1n) is 10.8.